The normalized spacial score (nSPS) is 16.0. The van der Waals surface area contributed by atoms with Crippen LogP contribution in [-0.2, 0) is 6.42 Å². The van der Waals surface area contributed by atoms with Crippen LogP contribution >= 0.6 is 28.1 Å². The van der Waals surface area contributed by atoms with Gasteiger partial charge in [0.25, 0.3) is 0 Å². The summed E-state index contributed by atoms with van der Waals surface area (Å²) in [7, 11) is 0. The predicted molar refractivity (Wildman–Crippen MR) is 67.9 cm³/mol. The lowest BCUT2D eigenvalue weighted by atomic mass is 10.3. The SMILES string of the molecule is CCc1[nH]c(N2CCCC2)nc(=S)c1Br. The fourth-order valence-electron chi connectivity index (χ4n) is 1.81. The Morgan fingerprint density at radius 3 is 2.73 bits per heavy atom. The van der Waals surface area contributed by atoms with Crippen LogP contribution < -0.4 is 4.90 Å². The van der Waals surface area contributed by atoms with E-state index >= 15 is 0 Å². The smallest absolute Gasteiger partial charge is 0.204 e. The third-order valence-electron chi connectivity index (χ3n) is 2.68. The number of aromatic amines is 1. The van der Waals surface area contributed by atoms with Crippen molar-refractivity contribution in [2.75, 3.05) is 18.0 Å². The molecular formula is C10H14BrN3S. The van der Waals surface area contributed by atoms with Crippen LogP contribution in [0.3, 0.4) is 0 Å². The van der Waals surface area contributed by atoms with Gasteiger partial charge < -0.3 is 9.88 Å². The van der Waals surface area contributed by atoms with E-state index in [9.17, 15) is 0 Å². The van der Waals surface area contributed by atoms with Gasteiger partial charge in [-0.25, -0.2) is 4.98 Å². The van der Waals surface area contributed by atoms with Gasteiger partial charge in [-0.05, 0) is 35.2 Å². The minimum Gasteiger partial charge on any atom is -0.342 e. The van der Waals surface area contributed by atoms with E-state index in [1.165, 1.54) is 12.8 Å². The van der Waals surface area contributed by atoms with E-state index < -0.39 is 0 Å². The molecule has 1 N–H and O–H groups in total. The lowest BCUT2D eigenvalue weighted by Crippen LogP contribution is -2.21. The summed E-state index contributed by atoms with van der Waals surface area (Å²) >= 11 is 8.69. The van der Waals surface area contributed by atoms with E-state index in [1.807, 2.05) is 0 Å². The maximum Gasteiger partial charge on any atom is 0.204 e. The van der Waals surface area contributed by atoms with Crippen LogP contribution in [0.5, 0.6) is 0 Å². The van der Waals surface area contributed by atoms with E-state index in [0.29, 0.717) is 4.64 Å². The Bertz CT molecular complexity index is 410. The van der Waals surface area contributed by atoms with Gasteiger partial charge in [-0.2, -0.15) is 0 Å². The number of anilines is 1. The molecule has 1 fully saturated rings. The van der Waals surface area contributed by atoms with Crippen molar-refractivity contribution in [2.45, 2.75) is 26.2 Å². The minimum atomic E-state index is 0.660. The molecule has 1 aliphatic heterocycles. The molecule has 1 aromatic heterocycles. The Morgan fingerprint density at radius 1 is 1.47 bits per heavy atom. The van der Waals surface area contributed by atoms with Gasteiger partial charge in [0.15, 0.2) is 0 Å². The van der Waals surface area contributed by atoms with Gasteiger partial charge in [0.2, 0.25) is 5.95 Å². The molecule has 0 aromatic carbocycles. The first-order valence-corrected chi connectivity index (χ1v) is 6.46. The molecule has 0 bridgehead atoms. The molecule has 1 aliphatic rings. The molecule has 0 spiro atoms. The molecule has 0 aliphatic carbocycles. The third-order valence-corrected chi connectivity index (χ3v) is 4.09. The van der Waals surface area contributed by atoms with Crippen molar-refractivity contribution in [2.24, 2.45) is 0 Å². The Kier molecular flexibility index (Phi) is 3.41. The van der Waals surface area contributed by atoms with Crippen LogP contribution in [0.25, 0.3) is 0 Å². The van der Waals surface area contributed by atoms with E-state index in [-0.39, 0.29) is 0 Å². The van der Waals surface area contributed by atoms with Crippen molar-refractivity contribution in [3.63, 3.8) is 0 Å². The summed E-state index contributed by atoms with van der Waals surface area (Å²) in [5.41, 5.74) is 1.14. The van der Waals surface area contributed by atoms with Gasteiger partial charge >= 0.3 is 0 Å². The molecule has 1 aromatic rings. The third kappa shape index (κ3) is 2.23. The Balaban J connectivity index is 2.40. The number of nitrogens with one attached hydrogen (secondary N) is 1. The van der Waals surface area contributed by atoms with Gasteiger partial charge in [0.1, 0.15) is 4.64 Å². The molecule has 15 heavy (non-hydrogen) atoms. The van der Waals surface area contributed by atoms with E-state index in [1.54, 1.807) is 0 Å². The van der Waals surface area contributed by atoms with Crippen molar-refractivity contribution in [3.05, 3.63) is 14.8 Å². The molecule has 0 unspecified atom stereocenters. The molecule has 82 valence electrons. The summed E-state index contributed by atoms with van der Waals surface area (Å²) in [5.74, 6) is 0.928. The zero-order valence-electron chi connectivity index (χ0n) is 8.72. The summed E-state index contributed by atoms with van der Waals surface area (Å²) in [5, 5.41) is 0. The summed E-state index contributed by atoms with van der Waals surface area (Å²) in [4.78, 5) is 10.0. The van der Waals surface area contributed by atoms with Crippen LogP contribution in [0.4, 0.5) is 5.95 Å². The fraction of sp³-hybridized carbons (Fsp3) is 0.600. The fourth-order valence-corrected chi connectivity index (χ4v) is 2.49. The molecule has 2 rings (SSSR count). The van der Waals surface area contributed by atoms with Crippen molar-refractivity contribution < 1.29 is 0 Å². The molecule has 0 atom stereocenters. The number of aromatic nitrogens is 2. The number of hydrogen-bond acceptors (Lipinski definition) is 3. The van der Waals surface area contributed by atoms with E-state index in [2.05, 4.69) is 37.7 Å². The minimum absolute atomic E-state index is 0.660. The summed E-state index contributed by atoms with van der Waals surface area (Å²) < 4.78 is 1.59. The highest BCUT2D eigenvalue weighted by molar-refractivity contribution is 9.10. The lowest BCUT2D eigenvalue weighted by molar-refractivity contribution is 0.866. The first-order valence-electron chi connectivity index (χ1n) is 5.26. The summed E-state index contributed by atoms with van der Waals surface area (Å²) in [6.07, 6.45) is 3.44. The van der Waals surface area contributed by atoms with Crippen molar-refractivity contribution in [3.8, 4) is 0 Å². The highest BCUT2D eigenvalue weighted by atomic mass is 79.9. The zero-order valence-corrected chi connectivity index (χ0v) is 11.1. The number of aryl methyl sites for hydroxylation is 1. The van der Waals surface area contributed by atoms with E-state index in [0.717, 1.165) is 35.6 Å². The molecule has 2 heterocycles. The Labute approximate surface area is 103 Å². The van der Waals surface area contributed by atoms with Crippen LogP contribution in [0.2, 0.25) is 0 Å². The molecule has 0 amide bonds. The molecular weight excluding hydrogens is 274 g/mol. The lowest BCUT2D eigenvalue weighted by Gasteiger charge is -2.17. The topological polar surface area (TPSA) is 31.9 Å². The van der Waals surface area contributed by atoms with Gasteiger partial charge in [0, 0.05) is 18.8 Å². The van der Waals surface area contributed by atoms with Gasteiger partial charge in [-0.1, -0.05) is 19.1 Å². The van der Waals surface area contributed by atoms with E-state index in [4.69, 9.17) is 12.2 Å². The van der Waals surface area contributed by atoms with Crippen LogP contribution in [0.15, 0.2) is 4.47 Å². The second kappa shape index (κ2) is 4.61. The number of hydrogen-bond donors (Lipinski definition) is 1. The van der Waals surface area contributed by atoms with Gasteiger partial charge in [-0.15, -0.1) is 0 Å². The Morgan fingerprint density at radius 2 is 2.13 bits per heavy atom. The number of H-pyrrole nitrogens is 1. The Hall–Kier alpha value is -0.420. The number of nitrogens with zero attached hydrogens (tertiary/aromatic N) is 2. The van der Waals surface area contributed by atoms with Crippen molar-refractivity contribution in [1.82, 2.24) is 9.97 Å². The zero-order chi connectivity index (χ0) is 10.8. The average Bonchev–Trinajstić information content (AvgIpc) is 2.75. The predicted octanol–water partition coefficient (Wildman–Crippen LogP) is 3.06. The largest absolute Gasteiger partial charge is 0.342 e. The molecule has 5 heteroatoms. The highest BCUT2D eigenvalue weighted by Crippen LogP contribution is 2.21. The quantitative estimate of drug-likeness (QED) is 0.849. The molecule has 0 saturated carbocycles. The van der Waals surface area contributed by atoms with Gasteiger partial charge in [-0.3, -0.25) is 0 Å². The average molecular weight is 288 g/mol. The maximum absolute atomic E-state index is 5.23. The second-order valence-electron chi connectivity index (χ2n) is 3.71. The molecule has 1 saturated heterocycles. The van der Waals surface area contributed by atoms with Crippen LogP contribution in [0, 0.1) is 4.64 Å². The first-order chi connectivity index (χ1) is 7.22. The van der Waals surface area contributed by atoms with Crippen molar-refractivity contribution >= 4 is 34.1 Å². The maximum atomic E-state index is 5.23. The van der Waals surface area contributed by atoms with Crippen molar-refractivity contribution in [1.29, 1.82) is 0 Å². The standard InChI is InChI=1S/C10H14BrN3S/c1-2-7-8(11)9(15)13-10(12-7)14-5-3-4-6-14/h2-6H2,1H3,(H,12,13,15). The molecule has 3 nitrogen and oxygen atoms in total. The highest BCUT2D eigenvalue weighted by Gasteiger charge is 2.15. The summed E-state index contributed by atoms with van der Waals surface area (Å²) in [6.45, 7) is 4.28. The summed E-state index contributed by atoms with van der Waals surface area (Å²) in [6, 6.07) is 0. The van der Waals surface area contributed by atoms with Gasteiger partial charge in [0.05, 0.1) is 4.47 Å². The first kappa shape index (κ1) is 11.1. The second-order valence-corrected chi connectivity index (χ2v) is 4.89. The number of rotatable bonds is 2. The van der Waals surface area contributed by atoms with Crippen LogP contribution in [0.1, 0.15) is 25.5 Å². The molecule has 0 radical (unpaired) electrons. The number of halogens is 1. The van der Waals surface area contributed by atoms with Crippen LogP contribution in [-0.4, -0.2) is 23.1 Å². The monoisotopic (exact) mass is 287 g/mol.